The second-order valence-corrected chi connectivity index (χ2v) is 6.05. The summed E-state index contributed by atoms with van der Waals surface area (Å²) in [7, 11) is 2.08. The van der Waals surface area contributed by atoms with Crippen LogP contribution in [-0.2, 0) is 6.42 Å². The minimum atomic E-state index is 0.714. The molecule has 3 aliphatic rings. The van der Waals surface area contributed by atoms with E-state index in [1.54, 1.807) is 0 Å². The first kappa shape index (κ1) is 10.3. The van der Waals surface area contributed by atoms with Crippen LogP contribution in [-0.4, -0.2) is 13.6 Å². The third-order valence-corrected chi connectivity index (χ3v) is 4.59. The molecule has 4 rings (SSSR count). The van der Waals surface area contributed by atoms with Crippen LogP contribution in [0.2, 0.25) is 0 Å². The molecule has 3 fully saturated rings. The maximum atomic E-state index is 3.34. The Balaban J connectivity index is 1.49. The predicted octanol–water partition coefficient (Wildman–Crippen LogP) is 3.01. The molecule has 3 aliphatic carbocycles. The molecule has 1 nitrogen and oxygen atoms in total. The molecule has 0 aromatic heterocycles. The van der Waals surface area contributed by atoms with E-state index in [-0.39, 0.29) is 0 Å². The number of aryl methyl sites for hydroxylation is 1. The zero-order chi connectivity index (χ0) is 11.1. The Morgan fingerprint density at radius 3 is 2.38 bits per heavy atom. The molecular formula is C15H21N. The first-order valence-electron chi connectivity index (χ1n) is 6.45. The maximum Gasteiger partial charge on any atom is 0.000542 e. The number of rotatable bonds is 5. The molecule has 1 heteroatoms. The van der Waals surface area contributed by atoms with Crippen LogP contribution in [0.3, 0.4) is 0 Å². The summed E-state index contributed by atoms with van der Waals surface area (Å²) in [6.45, 7) is 1.24. The van der Waals surface area contributed by atoms with E-state index in [0.717, 1.165) is 5.41 Å². The second-order valence-electron chi connectivity index (χ2n) is 6.05. The fourth-order valence-electron chi connectivity index (χ4n) is 4.11. The molecule has 1 aromatic carbocycles. The van der Waals surface area contributed by atoms with E-state index in [0.29, 0.717) is 5.41 Å². The van der Waals surface area contributed by atoms with Crippen LogP contribution in [0.25, 0.3) is 0 Å². The monoisotopic (exact) mass is 215 g/mol. The molecule has 0 aliphatic heterocycles. The lowest BCUT2D eigenvalue weighted by Gasteiger charge is -2.71. The summed E-state index contributed by atoms with van der Waals surface area (Å²) in [4.78, 5) is 0. The summed E-state index contributed by atoms with van der Waals surface area (Å²) < 4.78 is 0. The van der Waals surface area contributed by atoms with Crippen molar-refractivity contribution in [3.8, 4) is 0 Å². The van der Waals surface area contributed by atoms with Gasteiger partial charge in [0.05, 0.1) is 0 Å². The molecule has 0 amide bonds. The molecule has 2 bridgehead atoms. The first-order valence-corrected chi connectivity index (χ1v) is 6.45. The van der Waals surface area contributed by atoms with E-state index in [1.807, 2.05) is 0 Å². The summed E-state index contributed by atoms with van der Waals surface area (Å²) >= 11 is 0. The highest BCUT2D eigenvalue weighted by atomic mass is 14.9. The largest absolute Gasteiger partial charge is 0.319 e. The van der Waals surface area contributed by atoms with Crippen LogP contribution in [0, 0.1) is 10.8 Å². The van der Waals surface area contributed by atoms with Gasteiger partial charge in [-0.05, 0) is 55.5 Å². The molecular weight excluding hydrogens is 194 g/mol. The minimum absolute atomic E-state index is 0.714. The SMILES string of the molecule is CNCC12CC(CCc3ccccc3)(C1)C2. The van der Waals surface area contributed by atoms with E-state index in [9.17, 15) is 0 Å². The number of hydrogen-bond donors (Lipinski definition) is 1. The van der Waals surface area contributed by atoms with Gasteiger partial charge in [-0.3, -0.25) is 0 Å². The normalized spacial score (nSPS) is 35.3. The van der Waals surface area contributed by atoms with Crippen molar-refractivity contribution in [1.82, 2.24) is 5.32 Å². The van der Waals surface area contributed by atoms with E-state index in [1.165, 1.54) is 44.2 Å². The van der Waals surface area contributed by atoms with Crippen molar-refractivity contribution in [2.24, 2.45) is 10.8 Å². The average molecular weight is 215 g/mol. The molecule has 0 unspecified atom stereocenters. The van der Waals surface area contributed by atoms with Gasteiger partial charge in [0.25, 0.3) is 0 Å². The van der Waals surface area contributed by atoms with Gasteiger partial charge in [0, 0.05) is 6.54 Å². The van der Waals surface area contributed by atoms with E-state index < -0.39 is 0 Å². The summed E-state index contributed by atoms with van der Waals surface area (Å²) in [6, 6.07) is 10.9. The van der Waals surface area contributed by atoms with Crippen molar-refractivity contribution in [2.75, 3.05) is 13.6 Å². The average Bonchev–Trinajstić information content (AvgIpc) is 2.21. The van der Waals surface area contributed by atoms with Gasteiger partial charge in [-0.25, -0.2) is 0 Å². The van der Waals surface area contributed by atoms with Gasteiger partial charge in [0.15, 0.2) is 0 Å². The molecule has 86 valence electrons. The van der Waals surface area contributed by atoms with Crippen molar-refractivity contribution >= 4 is 0 Å². The molecule has 0 radical (unpaired) electrons. The van der Waals surface area contributed by atoms with Gasteiger partial charge < -0.3 is 5.32 Å². The fourth-order valence-corrected chi connectivity index (χ4v) is 4.11. The third-order valence-electron chi connectivity index (χ3n) is 4.59. The van der Waals surface area contributed by atoms with Crippen molar-refractivity contribution in [1.29, 1.82) is 0 Å². The Labute approximate surface area is 98.3 Å². The lowest BCUT2D eigenvalue weighted by Crippen LogP contribution is -2.64. The van der Waals surface area contributed by atoms with Crippen molar-refractivity contribution in [2.45, 2.75) is 32.1 Å². The lowest BCUT2D eigenvalue weighted by atomic mass is 9.34. The van der Waals surface area contributed by atoms with Gasteiger partial charge in [-0.1, -0.05) is 30.3 Å². The van der Waals surface area contributed by atoms with Crippen LogP contribution in [0.5, 0.6) is 0 Å². The van der Waals surface area contributed by atoms with E-state index in [4.69, 9.17) is 0 Å². The van der Waals surface area contributed by atoms with Crippen molar-refractivity contribution < 1.29 is 0 Å². The molecule has 1 N–H and O–H groups in total. The van der Waals surface area contributed by atoms with Crippen LogP contribution in [0.15, 0.2) is 30.3 Å². The number of nitrogens with one attached hydrogen (secondary N) is 1. The lowest BCUT2D eigenvalue weighted by molar-refractivity contribution is -0.203. The highest BCUT2D eigenvalue weighted by molar-refractivity contribution is 5.20. The molecule has 0 atom stereocenters. The number of hydrogen-bond acceptors (Lipinski definition) is 1. The second kappa shape index (κ2) is 3.59. The summed E-state index contributed by atoms with van der Waals surface area (Å²) in [5.74, 6) is 0. The van der Waals surface area contributed by atoms with Gasteiger partial charge in [0.2, 0.25) is 0 Å². The minimum Gasteiger partial charge on any atom is -0.319 e. The van der Waals surface area contributed by atoms with Gasteiger partial charge in [-0.15, -0.1) is 0 Å². The zero-order valence-electron chi connectivity index (χ0n) is 10.1. The summed E-state index contributed by atoms with van der Waals surface area (Å²) in [5.41, 5.74) is 2.97. The molecule has 0 spiro atoms. The molecule has 0 saturated heterocycles. The smallest absolute Gasteiger partial charge is 0.000542 e. The Kier molecular flexibility index (Phi) is 2.32. The summed E-state index contributed by atoms with van der Waals surface area (Å²) in [5, 5.41) is 3.34. The predicted molar refractivity (Wildman–Crippen MR) is 67.4 cm³/mol. The first-order chi connectivity index (χ1) is 7.76. The Bertz CT molecular complexity index is 349. The quantitative estimate of drug-likeness (QED) is 0.796. The molecule has 0 heterocycles. The fraction of sp³-hybridized carbons (Fsp3) is 0.600. The van der Waals surface area contributed by atoms with Gasteiger partial charge in [0.1, 0.15) is 0 Å². The Morgan fingerprint density at radius 1 is 1.06 bits per heavy atom. The van der Waals surface area contributed by atoms with Crippen LogP contribution >= 0.6 is 0 Å². The van der Waals surface area contributed by atoms with Gasteiger partial charge in [-0.2, -0.15) is 0 Å². The Morgan fingerprint density at radius 2 is 1.75 bits per heavy atom. The zero-order valence-corrected chi connectivity index (χ0v) is 10.1. The van der Waals surface area contributed by atoms with Crippen LogP contribution in [0.1, 0.15) is 31.2 Å². The maximum absolute atomic E-state index is 3.34. The molecule has 1 aromatic rings. The molecule has 3 saturated carbocycles. The standard InChI is InChI=1S/C15H21N/c1-16-12-15-9-14(10-15,11-15)8-7-13-5-3-2-4-6-13/h2-6,16H,7-12H2,1H3. The van der Waals surface area contributed by atoms with Gasteiger partial charge >= 0.3 is 0 Å². The topological polar surface area (TPSA) is 12.0 Å². The molecule has 16 heavy (non-hydrogen) atoms. The highest BCUT2D eigenvalue weighted by Crippen LogP contribution is 2.74. The van der Waals surface area contributed by atoms with Crippen molar-refractivity contribution in [3.63, 3.8) is 0 Å². The third kappa shape index (κ3) is 1.58. The van der Waals surface area contributed by atoms with Crippen LogP contribution in [0.4, 0.5) is 0 Å². The van der Waals surface area contributed by atoms with E-state index in [2.05, 4.69) is 42.7 Å². The highest BCUT2D eigenvalue weighted by Gasteiger charge is 2.66. The Hall–Kier alpha value is -0.820. The number of benzene rings is 1. The van der Waals surface area contributed by atoms with Crippen LogP contribution < -0.4 is 5.32 Å². The summed E-state index contributed by atoms with van der Waals surface area (Å²) in [6.07, 6.45) is 7.12. The van der Waals surface area contributed by atoms with E-state index >= 15 is 0 Å². The van der Waals surface area contributed by atoms with Crippen molar-refractivity contribution in [3.05, 3.63) is 35.9 Å².